The van der Waals surface area contributed by atoms with Crippen LogP contribution in [0.1, 0.15) is 23.6 Å². The monoisotopic (exact) mass is 277 g/mol. The van der Waals surface area contributed by atoms with Crippen molar-refractivity contribution in [3.05, 3.63) is 29.6 Å². The highest BCUT2D eigenvalue weighted by atomic mass is 32.2. The number of nitrogens with zero attached hydrogens (tertiary/aromatic N) is 2. The molecule has 3 rings (SSSR count). The van der Waals surface area contributed by atoms with Gasteiger partial charge in [0.25, 0.3) is 0 Å². The van der Waals surface area contributed by atoms with Crippen molar-refractivity contribution in [1.29, 1.82) is 0 Å². The molecule has 4 heteroatoms. The molecule has 3 nitrogen and oxygen atoms in total. The van der Waals surface area contributed by atoms with Crippen LogP contribution in [0.15, 0.2) is 18.3 Å². The van der Waals surface area contributed by atoms with E-state index in [4.69, 9.17) is 0 Å². The molecular formula is C15H23N3S. The molecule has 1 aliphatic carbocycles. The molecule has 0 radical (unpaired) electrons. The first-order valence-electron chi connectivity index (χ1n) is 7.20. The molecule has 0 bridgehead atoms. The highest BCUT2D eigenvalue weighted by Gasteiger charge is 2.37. The van der Waals surface area contributed by atoms with Crippen molar-refractivity contribution in [1.82, 2.24) is 15.2 Å². The van der Waals surface area contributed by atoms with Crippen LogP contribution in [0.3, 0.4) is 0 Å². The van der Waals surface area contributed by atoms with E-state index in [1.54, 1.807) is 0 Å². The molecule has 1 fully saturated rings. The zero-order valence-corrected chi connectivity index (χ0v) is 12.6. The number of pyridine rings is 1. The number of aryl methyl sites for hydroxylation is 1. The topological polar surface area (TPSA) is 28.2 Å². The molecule has 1 aliphatic heterocycles. The first kappa shape index (κ1) is 13.4. The average molecular weight is 277 g/mol. The first-order chi connectivity index (χ1) is 9.31. The number of rotatable bonds is 3. The Morgan fingerprint density at radius 2 is 2.42 bits per heavy atom. The molecule has 1 aromatic heterocycles. The van der Waals surface area contributed by atoms with Gasteiger partial charge in [-0.1, -0.05) is 6.07 Å². The summed E-state index contributed by atoms with van der Waals surface area (Å²) in [5, 5.41) is 3.59. The summed E-state index contributed by atoms with van der Waals surface area (Å²) in [6.45, 7) is 1.20. The van der Waals surface area contributed by atoms with Crippen molar-refractivity contribution in [3.8, 4) is 0 Å². The Morgan fingerprint density at radius 3 is 3.21 bits per heavy atom. The highest BCUT2D eigenvalue weighted by molar-refractivity contribution is 7.99. The number of thioether (sulfide) groups is 1. The number of likely N-dealkylation sites (N-methyl/N-ethyl adjacent to an activating group) is 2. The molecule has 3 atom stereocenters. The minimum Gasteiger partial charge on any atom is -0.315 e. The van der Waals surface area contributed by atoms with E-state index in [0.717, 1.165) is 0 Å². The van der Waals surface area contributed by atoms with Crippen molar-refractivity contribution in [2.24, 2.45) is 0 Å². The molecule has 19 heavy (non-hydrogen) atoms. The van der Waals surface area contributed by atoms with Crippen LogP contribution in [-0.2, 0) is 6.42 Å². The highest BCUT2D eigenvalue weighted by Crippen LogP contribution is 2.36. The Labute approximate surface area is 120 Å². The van der Waals surface area contributed by atoms with E-state index < -0.39 is 0 Å². The summed E-state index contributed by atoms with van der Waals surface area (Å²) in [6.07, 6.45) is 4.38. The standard InChI is InChI=1S/C15H23N3S/c1-16-15(13-10-19-9-8-18(13)2)12-6-5-11-4-3-7-17-14(11)12/h3-4,7,12-13,15-16H,5-6,8-10H2,1-2H3. The summed E-state index contributed by atoms with van der Waals surface area (Å²) in [5.74, 6) is 3.08. The molecule has 1 N–H and O–H groups in total. The van der Waals surface area contributed by atoms with E-state index in [0.29, 0.717) is 18.0 Å². The third-order valence-electron chi connectivity index (χ3n) is 4.63. The Hall–Kier alpha value is -0.580. The molecular weight excluding hydrogens is 254 g/mol. The molecule has 2 aliphatic rings. The van der Waals surface area contributed by atoms with E-state index in [2.05, 4.69) is 53.2 Å². The van der Waals surface area contributed by atoms with Gasteiger partial charge in [-0.15, -0.1) is 0 Å². The Balaban J connectivity index is 1.83. The zero-order valence-electron chi connectivity index (χ0n) is 11.8. The molecule has 0 saturated carbocycles. The van der Waals surface area contributed by atoms with Gasteiger partial charge in [0.05, 0.1) is 0 Å². The van der Waals surface area contributed by atoms with Crippen molar-refractivity contribution < 1.29 is 0 Å². The summed E-state index contributed by atoms with van der Waals surface area (Å²) in [4.78, 5) is 7.19. The van der Waals surface area contributed by atoms with E-state index in [-0.39, 0.29) is 0 Å². The summed E-state index contributed by atoms with van der Waals surface area (Å²) < 4.78 is 0. The maximum atomic E-state index is 4.66. The third kappa shape index (κ3) is 2.54. The summed E-state index contributed by atoms with van der Waals surface area (Å²) in [6, 6.07) is 5.46. The molecule has 0 spiro atoms. The first-order valence-corrected chi connectivity index (χ1v) is 8.35. The summed E-state index contributed by atoms with van der Waals surface area (Å²) >= 11 is 2.09. The van der Waals surface area contributed by atoms with Crippen LogP contribution in [0, 0.1) is 0 Å². The summed E-state index contributed by atoms with van der Waals surface area (Å²) in [5.41, 5.74) is 2.80. The SMILES string of the molecule is CNC(C1CCc2cccnc21)C1CSCCN1C. The average Bonchev–Trinajstić information content (AvgIpc) is 2.86. The van der Waals surface area contributed by atoms with Crippen LogP contribution < -0.4 is 5.32 Å². The van der Waals surface area contributed by atoms with Crippen molar-refractivity contribution in [2.75, 3.05) is 32.1 Å². The molecule has 104 valence electrons. The van der Waals surface area contributed by atoms with Gasteiger partial charge in [-0.05, 0) is 38.6 Å². The molecule has 3 unspecified atom stereocenters. The van der Waals surface area contributed by atoms with Gasteiger partial charge in [0.15, 0.2) is 0 Å². The van der Waals surface area contributed by atoms with Crippen LogP contribution >= 0.6 is 11.8 Å². The normalized spacial score (nSPS) is 29.2. The smallest absolute Gasteiger partial charge is 0.0482 e. The molecule has 0 aromatic carbocycles. The van der Waals surface area contributed by atoms with Crippen molar-refractivity contribution in [3.63, 3.8) is 0 Å². The van der Waals surface area contributed by atoms with Crippen LogP contribution in [0.25, 0.3) is 0 Å². The maximum absolute atomic E-state index is 4.66. The molecule has 1 aromatic rings. The predicted octanol–water partition coefficient (Wildman–Crippen LogP) is 1.75. The minimum absolute atomic E-state index is 0.522. The fourth-order valence-corrected chi connectivity index (χ4v) is 4.83. The predicted molar refractivity (Wildman–Crippen MR) is 81.9 cm³/mol. The van der Waals surface area contributed by atoms with Gasteiger partial charge in [-0.2, -0.15) is 11.8 Å². The Morgan fingerprint density at radius 1 is 1.53 bits per heavy atom. The lowest BCUT2D eigenvalue weighted by atomic mass is 9.91. The lowest BCUT2D eigenvalue weighted by molar-refractivity contribution is 0.200. The van der Waals surface area contributed by atoms with Gasteiger partial charge in [0, 0.05) is 47.9 Å². The minimum atomic E-state index is 0.522. The van der Waals surface area contributed by atoms with E-state index in [1.165, 1.54) is 42.1 Å². The van der Waals surface area contributed by atoms with Crippen LogP contribution in [0.2, 0.25) is 0 Å². The van der Waals surface area contributed by atoms with Gasteiger partial charge in [0.2, 0.25) is 0 Å². The van der Waals surface area contributed by atoms with E-state index in [1.807, 2.05) is 6.20 Å². The zero-order chi connectivity index (χ0) is 13.2. The fraction of sp³-hybridized carbons (Fsp3) is 0.667. The van der Waals surface area contributed by atoms with Gasteiger partial charge >= 0.3 is 0 Å². The van der Waals surface area contributed by atoms with E-state index in [9.17, 15) is 0 Å². The number of hydrogen-bond acceptors (Lipinski definition) is 4. The second-order valence-electron chi connectivity index (χ2n) is 5.63. The Bertz CT molecular complexity index is 437. The van der Waals surface area contributed by atoms with Gasteiger partial charge < -0.3 is 10.2 Å². The number of nitrogens with one attached hydrogen (secondary N) is 1. The number of hydrogen-bond donors (Lipinski definition) is 1. The maximum Gasteiger partial charge on any atom is 0.0482 e. The molecule has 2 heterocycles. The van der Waals surface area contributed by atoms with Gasteiger partial charge in [0.1, 0.15) is 0 Å². The third-order valence-corrected chi connectivity index (χ3v) is 5.67. The van der Waals surface area contributed by atoms with Crippen LogP contribution in [0.4, 0.5) is 0 Å². The second-order valence-corrected chi connectivity index (χ2v) is 6.78. The van der Waals surface area contributed by atoms with Crippen molar-refractivity contribution in [2.45, 2.75) is 30.8 Å². The van der Waals surface area contributed by atoms with Gasteiger partial charge in [-0.25, -0.2) is 0 Å². The van der Waals surface area contributed by atoms with Crippen LogP contribution in [0.5, 0.6) is 0 Å². The van der Waals surface area contributed by atoms with Gasteiger partial charge in [-0.3, -0.25) is 4.98 Å². The molecule has 1 saturated heterocycles. The van der Waals surface area contributed by atoms with Crippen molar-refractivity contribution >= 4 is 11.8 Å². The largest absolute Gasteiger partial charge is 0.315 e. The Kier molecular flexibility index (Phi) is 4.10. The lowest BCUT2D eigenvalue weighted by Crippen LogP contribution is -2.54. The second kappa shape index (κ2) is 5.81. The lowest BCUT2D eigenvalue weighted by Gasteiger charge is -2.40. The number of fused-ring (bicyclic) bond motifs is 1. The number of aromatic nitrogens is 1. The van der Waals surface area contributed by atoms with E-state index >= 15 is 0 Å². The summed E-state index contributed by atoms with van der Waals surface area (Å²) in [7, 11) is 4.38. The van der Waals surface area contributed by atoms with Crippen LogP contribution in [-0.4, -0.2) is 54.1 Å². The quantitative estimate of drug-likeness (QED) is 0.911. The molecule has 0 amide bonds. The fourth-order valence-electron chi connectivity index (χ4n) is 3.54.